The van der Waals surface area contributed by atoms with Crippen LogP contribution in [0.3, 0.4) is 0 Å². The van der Waals surface area contributed by atoms with Gasteiger partial charge in [0, 0.05) is 61.9 Å². The lowest BCUT2D eigenvalue weighted by Gasteiger charge is -2.40. The van der Waals surface area contributed by atoms with E-state index in [1.807, 2.05) is 23.1 Å². The van der Waals surface area contributed by atoms with Gasteiger partial charge in [0.2, 0.25) is 0 Å². The second kappa shape index (κ2) is 8.45. The molecule has 2 atom stereocenters. The molecule has 160 valence electrons. The second-order valence-electron chi connectivity index (χ2n) is 7.60. The maximum atomic E-state index is 12.5. The van der Waals surface area contributed by atoms with E-state index in [0.717, 1.165) is 37.7 Å². The highest BCUT2D eigenvalue weighted by Gasteiger charge is 2.49. The lowest BCUT2D eigenvalue weighted by atomic mass is 10.1. The van der Waals surface area contributed by atoms with E-state index >= 15 is 0 Å². The van der Waals surface area contributed by atoms with Gasteiger partial charge < -0.3 is 14.7 Å². The van der Waals surface area contributed by atoms with Crippen LogP contribution in [0.5, 0.6) is 0 Å². The number of amides is 3. The summed E-state index contributed by atoms with van der Waals surface area (Å²) >= 11 is 12.6. The Kier molecular flexibility index (Phi) is 5.90. The van der Waals surface area contributed by atoms with Crippen LogP contribution < -0.4 is 5.32 Å². The van der Waals surface area contributed by atoms with Crippen LogP contribution in [0.25, 0.3) is 0 Å². The van der Waals surface area contributed by atoms with Crippen molar-refractivity contribution in [2.75, 3.05) is 39.8 Å². The number of fused-ring (bicyclic) bond motifs is 1. The van der Waals surface area contributed by atoms with Crippen LogP contribution >= 0.6 is 23.2 Å². The molecular weight excluding hydrogens is 427 g/mol. The molecule has 0 saturated carbocycles. The molecule has 3 amide bonds. The van der Waals surface area contributed by atoms with Gasteiger partial charge in [-0.1, -0.05) is 35.3 Å². The lowest BCUT2D eigenvalue weighted by Crippen LogP contribution is -2.64. The minimum atomic E-state index is -0.541. The first-order chi connectivity index (χ1) is 14.4. The van der Waals surface area contributed by atoms with Crippen LogP contribution in [0.1, 0.15) is 5.56 Å². The summed E-state index contributed by atoms with van der Waals surface area (Å²) in [6.45, 7) is 8.07. The Labute approximate surface area is 185 Å². The van der Waals surface area contributed by atoms with Gasteiger partial charge in [0.25, 0.3) is 5.91 Å². The number of halogens is 2. The summed E-state index contributed by atoms with van der Waals surface area (Å²) in [6, 6.07) is 4.58. The molecule has 0 radical (unpaired) electrons. The SMILES string of the molecule is C=CCN1C(N2CCN(Cc3c(Cl)cccc3Cl)CC2)=NC2C1C(=O)NC(=O)N2C. The smallest absolute Gasteiger partial charge is 0.325 e. The van der Waals surface area contributed by atoms with E-state index in [4.69, 9.17) is 28.2 Å². The molecule has 10 heteroatoms. The first kappa shape index (κ1) is 21.0. The van der Waals surface area contributed by atoms with Gasteiger partial charge in [-0.25, -0.2) is 9.79 Å². The first-order valence-corrected chi connectivity index (χ1v) is 10.6. The van der Waals surface area contributed by atoms with E-state index in [1.54, 1.807) is 13.1 Å². The molecule has 0 aliphatic carbocycles. The second-order valence-corrected chi connectivity index (χ2v) is 8.41. The Hall–Kier alpha value is -2.29. The van der Waals surface area contributed by atoms with Crippen molar-refractivity contribution in [3.63, 3.8) is 0 Å². The molecule has 3 aliphatic rings. The Bertz CT molecular complexity index is 879. The predicted octanol–water partition coefficient (Wildman–Crippen LogP) is 1.84. The van der Waals surface area contributed by atoms with Crippen LogP contribution in [-0.2, 0) is 11.3 Å². The van der Waals surface area contributed by atoms with Crippen LogP contribution in [0, 0.1) is 0 Å². The summed E-state index contributed by atoms with van der Waals surface area (Å²) < 4.78 is 0. The Morgan fingerprint density at radius 3 is 2.50 bits per heavy atom. The number of nitrogens with zero attached hydrogens (tertiary/aromatic N) is 5. The highest BCUT2D eigenvalue weighted by atomic mass is 35.5. The van der Waals surface area contributed by atoms with E-state index in [9.17, 15) is 9.59 Å². The lowest BCUT2D eigenvalue weighted by molar-refractivity contribution is -0.127. The zero-order valence-corrected chi connectivity index (χ0v) is 18.2. The van der Waals surface area contributed by atoms with Crippen molar-refractivity contribution in [1.82, 2.24) is 24.9 Å². The van der Waals surface area contributed by atoms with Crippen molar-refractivity contribution < 1.29 is 9.59 Å². The molecule has 1 aromatic rings. The van der Waals surface area contributed by atoms with Gasteiger partial charge in [-0.3, -0.25) is 15.0 Å². The number of carbonyl (C=O) groups is 2. The minimum absolute atomic E-state index is 0.323. The van der Waals surface area contributed by atoms with Crippen LogP contribution in [0.2, 0.25) is 10.0 Å². The predicted molar refractivity (Wildman–Crippen MR) is 117 cm³/mol. The summed E-state index contributed by atoms with van der Waals surface area (Å²) in [5, 5.41) is 3.75. The number of hydrogen-bond acceptors (Lipinski definition) is 6. The Morgan fingerprint density at radius 2 is 1.87 bits per heavy atom. The molecule has 8 nitrogen and oxygen atoms in total. The fourth-order valence-corrected chi connectivity index (χ4v) is 4.64. The van der Waals surface area contributed by atoms with Gasteiger partial charge in [-0.2, -0.15) is 0 Å². The van der Waals surface area contributed by atoms with Crippen molar-refractivity contribution >= 4 is 41.1 Å². The third-order valence-corrected chi connectivity index (χ3v) is 6.47. The van der Waals surface area contributed by atoms with Gasteiger partial charge in [0.1, 0.15) is 0 Å². The topological polar surface area (TPSA) is 71.5 Å². The molecule has 2 unspecified atom stereocenters. The minimum Gasteiger partial charge on any atom is -0.340 e. The van der Waals surface area contributed by atoms with Crippen molar-refractivity contribution in [3.05, 3.63) is 46.5 Å². The number of imide groups is 1. The number of aliphatic imine (C=N–C) groups is 1. The van der Waals surface area contributed by atoms with Crippen molar-refractivity contribution in [2.45, 2.75) is 18.8 Å². The molecule has 2 saturated heterocycles. The number of likely N-dealkylation sites (N-methyl/N-ethyl adjacent to an activating group) is 1. The number of benzene rings is 1. The highest BCUT2D eigenvalue weighted by molar-refractivity contribution is 6.35. The van der Waals surface area contributed by atoms with Gasteiger partial charge >= 0.3 is 6.03 Å². The summed E-state index contributed by atoms with van der Waals surface area (Å²) in [5.41, 5.74) is 0.934. The molecule has 0 aromatic heterocycles. The molecule has 30 heavy (non-hydrogen) atoms. The van der Waals surface area contributed by atoms with E-state index < -0.39 is 18.2 Å². The fourth-order valence-electron chi connectivity index (χ4n) is 4.12. The average molecular weight is 451 g/mol. The summed E-state index contributed by atoms with van der Waals surface area (Å²) in [7, 11) is 1.66. The molecule has 3 aliphatic heterocycles. The Balaban J connectivity index is 1.47. The summed E-state index contributed by atoms with van der Waals surface area (Å²) in [6.07, 6.45) is 1.22. The first-order valence-electron chi connectivity index (χ1n) is 9.84. The standard InChI is InChI=1S/C20H24Cl2N6O2/c1-3-7-28-16-17(25(2)20(30)24-18(16)29)23-19(28)27-10-8-26(9-11-27)12-13-14(21)5-4-6-15(13)22/h3-6,16-17H,1,7-12H2,2H3,(H,24,29,30). The number of piperazine rings is 1. The quantitative estimate of drug-likeness (QED) is 0.708. The molecule has 0 spiro atoms. The van der Waals surface area contributed by atoms with Crippen molar-refractivity contribution in [1.29, 1.82) is 0 Å². The number of hydrogen-bond donors (Lipinski definition) is 1. The summed E-state index contributed by atoms with van der Waals surface area (Å²) in [4.78, 5) is 37.1. The summed E-state index contributed by atoms with van der Waals surface area (Å²) in [5.74, 6) is 0.410. The molecule has 1 aromatic carbocycles. The third kappa shape index (κ3) is 3.75. The molecule has 3 heterocycles. The van der Waals surface area contributed by atoms with Crippen LogP contribution in [-0.4, -0.2) is 89.5 Å². The fraction of sp³-hybridized carbons (Fsp3) is 0.450. The molecular formula is C20H24Cl2N6O2. The third-order valence-electron chi connectivity index (χ3n) is 5.76. The van der Waals surface area contributed by atoms with Gasteiger partial charge in [-0.15, -0.1) is 6.58 Å². The van der Waals surface area contributed by atoms with E-state index in [1.165, 1.54) is 4.90 Å². The highest BCUT2D eigenvalue weighted by Crippen LogP contribution is 2.28. The van der Waals surface area contributed by atoms with Gasteiger partial charge in [0.15, 0.2) is 18.2 Å². The van der Waals surface area contributed by atoms with Crippen LogP contribution in [0.15, 0.2) is 35.8 Å². The molecule has 2 fully saturated rings. The molecule has 0 bridgehead atoms. The molecule has 4 rings (SSSR count). The Morgan fingerprint density at radius 1 is 1.20 bits per heavy atom. The number of urea groups is 1. The van der Waals surface area contributed by atoms with Crippen molar-refractivity contribution in [3.8, 4) is 0 Å². The molecule has 1 N–H and O–H groups in total. The average Bonchev–Trinajstić information content (AvgIpc) is 3.10. The van der Waals surface area contributed by atoms with E-state index in [2.05, 4.69) is 21.7 Å². The monoisotopic (exact) mass is 450 g/mol. The van der Waals surface area contributed by atoms with Gasteiger partial charge in [-0.05, 0) is 12.1 Å². The number of guanidine groups is 1. The maximum Gasteiger partial charge on any atom is 0.325 e. The zero-order valence-electron chi connectivity index (χ0n) is 16.7. The largest absolute Gasteiger partial charge is 0.340 e. The number of carbonyl (C=O) groups excluding carboxylic acids is 2. The van der Waals surface area contributed by atoms with E-state index in [-0.39, 0.29) is 5.91 Å². The van der Waals surface area contributed by atoms with Crippen molar-refractivity contribution in [2.24, 2.45) is 4.99 Å². The van der Waals surface area contributed by atoms with Gasteiger partial charge in [0.05, 0.1) is 0 Å². The number of nitrogens with one attached hydrogen (secondary N) is 1. The normalized spacial score (nSPS) is 24.6. The van der Waals surface area contributed by atoms with E-state index in [0.29, 0.717) is 23.1 Å². The van der Waals surface area contributed by atoms with Crippen LogP contribution in [0.4, 0.5) is 4.79 Å². The number of rotatable bonds is 4. The zero-order chi connectivity index (χ0) is 21.4. The maximum absolute atomic E-state index is 12.5.